The molecule has 0 saturated heterocycles. The highest BCUT2D eigenvalue weighted by atomic mass is 19.4. The van der Waals surface area contributed by atoms with E-state index in [9.17, 15) is 28.2 Å². The van der Waals surface area contributed by atoms with Gasteiger partial charge in [-0.05, 0) is 74.9 Å². The third kappa shape index (κ3) is 7.99. The molecule has 214 valence electrons. The molecule has 39 heavy (non-hydrogen) atoms. The third-order valence-corrected chi connectivity index (χ3v) is 6.66. The first-order valence-corrected chi connectivity index (χ1v) is 12.7. The minimum atomic E-state index is -5.34. The number of carbonyl (C=O) groups is 1. The van der Waals surface area contributed by atoms with Crippen molar-refractivity contribution in [1.29, 1.82) is 0 Å². The van der Waals surface area contributed by atoms with Crippen LogP contribution in [0.1, 0.15) is 47.9 Å². The molecule has 1 heterocycles. The number of carbonyl (C=O) groups excluding carboxylic acids is 1. The zero-order valence-electron chi connectivity index (χ0n) is 21.9. The summed E-state index contributed by atoms with van der Waals surface area (Å²) < 4.78 is 49.2. The molecule has 0 saturated carbocycles. The van der Waals surface area contributed by atoms with Crippen molar-refractivity contribution in [3.05, 3.63) is 65.0 Å². The Bertz CT molecular complexity index is 1200. The van der Waals surface area contributed by atoms with Crippen LogP contribution >= 0.6 is 0 Å². The number of nitrogens with two attached hydrogens (primary N) is 2. The molecule has 1 aromatic heterocycles. The van der Waals surface area contributed by atoms with Crippen LogP contribution in [0, 0.1) is 13.8 Å². The van der Waals surface area contributed by atoms with Gasteiger partial charge < -0.3 is 36.2 Å². The van der Waals surface area contributed by atoms with E-state index in [4.69, 9.17) is 15.9 Å². The van der Waals surface area contributed by atoms with Crippen LogP contribution in [0.3, 0.4) is 0 Å². The summed E-state index contributed by atoms with van der Waals surface area (Å²) in [4.78, 5) is 16.0. The maximum Gasteiger partial charge on any atom is 0.491 e. The van der Waals surface area contributed by atoms with E-state index in [0.29, 0.717) is 17.5 Å². The summed E-state index contributed by atoms with van der Waals surface area (Å²) in [5, 5.41) is 25.1. The number of halogens is 3. The largest absolute Gasteiger partial charge is 0.491 e. The molecule has 0 spiro atoms. The van der Waals surface area contributed by atoms with Crippen LogP contribution in [-0.4, -0.2) is 58.3 Å². The normalized spacial score (nSPS) is 16.0. The van der Waals surface area contributed by atoms with E-state index < -0.39 is 42.7 Å². The number of aliphatic hydroxyl groups excluding tert-OH is 1. The fraction of sp³-hybridized carbons (Fsp3) is 0.481. The van der Waals surface area contributed by atoms with Gasteiger partial charge in [0.1, 0.15) is 11.6 Å². The Kier molecular flexibility index (Phi) is 10.1. The predicted molar refractivity (Wildman–Crippen MR) is 138 cm³/mol. The van der Waals surface area contributed by atoms with E-state index in [1.807, 2.05) is 50.2 Å². The number of esters is 1. The number of nitrogens with one attached hydrogen (secondary N) is 1. The third-order valence-electron chi connectivity index (χ3n) is 6.66. The molecule has 0 radical (unpaired) electrons. The van der Waals surface area contributed by atoms with Crippen molar-refractivity contribution in [1.82, 2.24) is 10.3 Å². The van der Waals surface area contributed by atoms with Crippen molar-refractivity contribution in [2.75, 3.05) is 13.1 Å². The van der Waals surface area contributed by atoms with Crippen molar-refractivity contribution in [3.63, 3.8) is 0 Å². The monoisotopic (exact) mass is 552 g/mol. The molecule has 0 amide bonds. The number of alkyl halides is 3. The smallest absolute Gasteiger partial charge is 0.438 e. The van der Waals surface area contributed by atoms with E-state index in [2.05, 4.69) is 15.0 Å². The average molecular weight is 553 g/mol. The molecule has 9 nitrogen and oxygen atoms in total. The first-order chi connectivity index (χ1) is 18.3. The topological polar surface area (TPSA) is 157 Å². The number of rotatable bonds is 13. The van der Waals surface area contributed by atoms with E-state index in [1.54, 1.807) is 6.07 Å². The van der Waals surface area contributed by atoms with Crippen LogP contribution in [0.2, 0.25) is 0 Å². The number of ether oxygens (including phenoxy) is 1. The lowest BCUT2D eigenvalue weighted by Crippen LogP contribution is -2.60. The number of oxazole rings is 1. The quantitative estimate of drug-likeness (QED) is 0.159. The summed E-state index contributed by atoms with van der Waals surface area (Å²) in [6.45, 7) is 3.30. The molecule has 0 aliphatic rings. The maximum atomic E-state index is 13.0. The number of aliphatic hydroxyl groups is 2. The Morgan fingerprint density at radius 3 is 2.46 bits per heavy atom. The molecule has 1 unspecified atom stereocenters. The van der Waals surface area contributed by atoms with E-state index >= 15 is 0 Å². The Balaban J connectivity index is 1.88. The predicted octanol–water partition coefficient (Wildman–Crippen LogP) is 2.93. The highest BCUT2D eigenvalue weighted by molar-refractivity contribution is 5.76. The zero-order valence-corrected chi connectivity index (χ0v) is 21.9. The minimum absolute atomic E-state index is 0.0104. The number of benzene rings is 2. The van der Waals surface area contributed by atoms with Crippen molar-refractivity contribution >= 4 is 17.1 Å². The SMILES string of the molecule is Cc1cc2nc([C@@H](O)[C@@H](CCc3ccccc3)NCC(O)(OC(=O)C(F)(F)F)[C@H](N)CCCN)oc2cc1C. The fourth-order valence-electron chi connectivity index (χ4n) is 4.14. The van der Waals surface area contributed by atoms with Gasteiger partial charge in [-0.1, -0.05) is 30.3 Å². The lowest BCUT2D eigenvalue weighted by Gasteiger charge is -2.35. The average Bonchev–Trinajstić information content (AvgIpc) is 3.29. The van der Waals surface area contributed by atoms with Crippen LogP contribution in [0.5, 0.6) is 0 Å². The van der Waals surface area contributed by atoms with Gasteiger partial charge in [0.15, 0.2) is 5.58 Å². The highest BCUT2D eigenvalue weighted by Gasteiger charge is 2.48. The summed E-state index contributed by atoms with van der Waals surface area (Å²) in [6, 6.07) is 10.7. The summed E-state index contributed by atoms with van der Waals surface area (Å²) >= 11 is 0. The number of hydrogen-bond donors (Lipinski definition) is 5. The van der Waals surface area contributed by atoms with Gasteiger partial charge in [0.2, 0.25) is 11.7 Å². The van der Waals surface area contributed by atoms with Gasteiger partial charge in [0.05, 0.1) is 12.6 Å². The molecule has 3 rings (SSSR count). The van der Waals surface area contributed by atoms with Gasteiger partial charge in [0.25, 0.3) is 0 Å². The number of fused-ring (bicyclic) bond motifs is 1. The molecular formula is C27H35F3N4O5. The minimum Gasteiger partial charge on any atom is -0.438 e. The Labute approximate surface area is 224 Å². The number of hydrogen-bond acceptors (Lipinski definition) is 9. The van der Waals surface area contributed by atoms with Gasteiger partial charge in [0, 0.05) is 6.04 Å². The van der Waals surface area contributed by atoms with Crippen molar-refractivity contribution in [2.24, 2.45) is 11.5 Å². The van der Waals surface area contributed by atoms with E-state index in [-0.39, 0.29) is 31.7 Å². The van der Waals surface area contributed by atoms with Gasteiger partial charge >= 0.3 is 12.1 Å². The van der Waals surface area contributed by atoms with Gasteiger partial charge in [-0.3, -0.25) is 0 Å². The number of aryl methyl sites for hydroxylation is 3. The standard InChI is InChI=1S/C27H35F3N4O5/c1-16-13-20-21(14-17(16)2)38-24(34-20)23(35)19(11-10-18-7-4-3-5-8-18)33-15-26(37,22(32)9-6-12-31)39-25(36)27(28,29)30/h3-5,7-8,13-14,19,22-23,33,35,37H,6,9-12,15,31-32H2,1-2H3/t19-,22-,23+,26?/m1/s1. The molecule has 0 fully saturated rings. The highest BCUT2D eigenvalue weighted by Crippen LogP contribution is 2.28. The van der Waals surface area contributed by atoms with Crippen molar-refractivity contribution in [3.8, 4) is 0 Å². The molecule has 7 N–H and O–H groups in total. The first kappa shape index (κ1) is 30.5. The molecule has 3 aromatic rings. The summed E-state index contributed by atoms with van der Waals surface area (Å²) in [6.07, 6.45) is -5.71. The lowest BCUT2D eigenvalue weighted by atomic mass is 9.98. The van der Waals surface area contributed by atoms with Gasteiger partial charge in [-0.15, -0.1) is 0 Å². The molecule has 0 bridgehead atoms. The van der Waals surface area contributed by atoms with Gasteiger partial charge in [-0.2, -0.15) is 13.2 Å². The summed E-state index contributed by atoms with van der Waals surface area (Å²) in [5.41, 5.74) is 15.3. The van der Waals surface area contributed by atoms with Crippen LogP contribution in [-0.2, 0) is 16.0 Å². The Hall–Kier alpha value is -3.03. The zero-order chi connectivity index (χ0) is 28.8. The Morgan fingerprint density at radius 1 is 1.15 bits per heavy atom. The molecule has 4 atom stereocenters. The second-order valence-electron chi connectivity index (χ2n) is 9.68. The lowest BCUT2D eigenvalue weighted by molar-refractivity contribution is -0.253. The summed E-state index contributed by atoms with van der Waals surface area (Å²) in [5.74, 6) is -5.33. The molecule has 0 aliphatic heterocycles. The summed E-state index contributed by atoms with van der Waals surface area (Å²) in [7, 11) is 0. The van der Waals surface area contributed by atoms with Crippen LogP contribution in [0.25, 0.3) is 11.1 Å². The second kappa shape index (κ2) is 12.9. The van der Waals surface area contributed by atoms with Crippen LogP contribution < -0.4 is 16.8 Å². The molecule has 0 aliphatic carbocycles. The second-order valence-corrected chi connectivity index (χ2v) is 9.68. The number of nitrogens with zero attached hydrogens (tertiary/aromatic N) is 1. The molecular weight excluding hydrogens is 517 g/mol. The van der Waals surface area contributed by atoms with Crippen molar-refractivity contribution < 1.29 is 37.3 Å². The maximum absolute atomic E-state index is 13.0. The molecule has 12 heteroatoms. The van der Waals surface area contributed by atoms with Crippen LogP contribution in [0.15, 0.2) is 46.9 Å². The fourth-order valence-corrected chi connectivity index (χ4v) is 4.14. The van der Waals surface area contributed by atoms with E-state index in [1.165, 1.54) is 0 Å². The Morgan fingerprint density at radius 2 is 1.82 bits per heavy atom. The van der Waals surface area contributed by atoms with Crippen molar-refractivity contribution in [2.45, 2.75) is 69.7 Å². The van der Waals surface area contributed by atoms with Crippen LogP contribution in [0.4, 0.5) is 13.2 Å². The van der Waals surface area contributed by atoms with Gasteiger partial charge in [-0.25, -0.2) is 9.78 Å². The van der Waals surface area contributed by atoms with E-state index in [0.717, 1.165) is 16.7 Å². The molecule has 2 aromatic carbocycles. The number of aromatic nitrogens is 1. The first-order valence-electron chi connectivity index (χ1n) is 12.7.